The largest absolute Gasteiger partial charge is 0.395 e. The quantitative estimate of drug-likeness (QED) is 0.701. The highest BCUT2D eigenvalue weighted by Crippen LogP contribution is 2.24. The first-order chi connectivity index (χ1) is 11.1. The molecule has 0 spiro atoms. The number of nitrogens with zero attached hydrogens (tertiary/aromatic N) is 1. The number of aliphatic hydroxyl groups is 2. The van der Waals surface area contributed by atoms with Crippen LogP contribution in [-0.2, 0) is 16.6 Å². The molecule has 2 rings (SSSR count). The minimum absolute atomic E-state index is 0.0342. The Kier molecular flexibility index (Phi) is 5.83. The normalized spacial score (nSPS) is 22.6. The average Bonchev–Trinajstić information content (AvgIpc) is 2.98. The van der Waals surface area contributed by atoms with Crippen LogP contribution in [0.3, 0.4) is 0 Å². The fourth-order valence-electron chi connectivity index (χ4n) is 2.99. The molecule has 3 N–H and O–H groups in total. The van der Waals surface area contributed by atoms with Crippen molar-refractivity contribution >= 4 is 5.78 Å². The summed E-state index contributed by atoms with van der Waals surface area (Å²) in [4.78, 5) is 12.7. The second-order valence-corrected chi connectivity index (χ2v) is 8.10. The smallest absolute Gasteiger partial charge is 0.159 e. The van der Waals surface area contributed by atoms with Gasteiger partial charge in [-0.05, 0) is 39.5 Å². The Bertz CT molecular complexity index is 557. The van der Waals surface area contributed by atoms with E-state index >= 15 is 0 Å². The number of hydrogen-bond donors (Lipinski definition) is 3. The minimum Gasteiger partial charge on any atom is -0.395 e. The van der Waals surface area contributed by atoms with Crippen molar-refractivity contribution in [3.63, 3.8) is 0 Å². The summed E-state index contributed by atoms with van der Waals surface area (Å²) in [7, 11) is 0. The lowest BCUT2D eigenvalue weighted by molar-refractivity contribution is -0.124. The van der Waals surface area contributed by atoms with Crippen molar-refractivity contribution in [2.75, 3.05) is 6.61 Å². The standard InChI is InChI=1S/C18H30N2O4/c1-17(2,11-21)15-9-14(24-20-15)10-16(23)18(3,4)19-12-5-7-13(22)8-6-12/h9,12-13,19,21-22H,5-8,10-11H2,1-4H3. The Morgan fingerprint density at radius 2 is 1.92 bits per heavy atom. The zero-order valence-corrected chi connectivity index (χ0v) is 15.1. The third kappa shape index (κ3) is 4.65. The van der Waals surface area contributed by atoms with Crippen LogP contribution in [0.25, 0.3) is 0 Å². The molecule has 1 fully saturated rings. The lowest BCUT2D eigenvalue weighted by atomic mass is 9.88. The molecule has 1 aromatic rings. The topological polar surface area (TPSA) is 95.6 Å². The van der Waals surface area contributed by atoms with E-state index in [1.807, 2.05) is 27.7 Å². The van der Waals surface area contributed by atoms with Crippen LogP contribution in [0.2, 0.25) is 0 Å². The van der Waals surface area contributed by atoms with Gasteiger partial charge in [0.05, 0.1) is 30.4 Å². The van der Waals surface area contributed by atoms with Gasteiger partial charge in [0.25, 0.3) is 0 Å². The predicted molar refractivity (Wildman–Crippen MR) is 90.8 cm³/mol. The molecule has 0 aromatic carbocycles. The molecule has 6 heteroatoms. The molecule has 0 atom stereocenters. The van der Waals surface area contributed by atoms with E-state index in [1.165, 1.54) is 0 Å². The van der Waals surface area contributed by atoms with Crippen molar-refractivity contribution in [1.82, 2.24) is 10.5 Å². The number of aromatic nitrogens is 1. The third-order valence-electron chi connectivity index (χ3n) is 4.94. The molecular weight excluding hydrogens is 308 g/mol. The first-order valence-electron chi connectivity index (χ1n) is 8.70. The van der Waals surface area contributed by atoms with E-state index in [0.29, 0.717) is 11.5 Å². The molecule has 24 heavy (non-hydrogen) atoms. The number of carbonyl (C=O) groups excluding carboxylic acids is 1. The van der Waals surface area contributed by atoms with Gasteiger partial charge in [-0.1, -0.05) is 19.0 Å². The molecule has 136 valence electrons. The number of Topliss-reactive ketones (excluding diaryl/α,β-unsaturated/α-hetero) is 1. The van der Waals surface area contributed by atoms with Crippen LogP contribution in [0.15, 0.2) is 10.6 Å². The molecule has 0 saturated heterocycles. The van der Waals surface area contributed by atoms with Crippen molar-refractivity contribution in [2.45, 2.75) is 82.9 Å². The zero-order chi connectivity index (χ0) is 18.0. The SMILES string of the molecule is CC(C)(NC1CCC(O)CC1)C(=O)Cc1cc(C(C)(C)CO)no1. The highest BCUT2D eigenvalue weighted by Gasteiger charge is 2.33. The molecule has 6 nitrogen and oxygen atoms in total. The van der Waals surface area contributed by atoms with E-state index in [9.17, 15) is 15.0 Å². The third-order valence-corrected chi connectivity index (χ3v) is 4.94. The van der Waals surface area contributed by atoms with E-state index in [1.54, 1.807) is 6.07 Å². The predicted octanol–water partition coefficient (Wildman–Crippen LogP) is 1.73. The number of nitrogens with one attached hydrogen (secondary N) is 1. The van der Waals surface area contributed by atoms with Crippen LogP contribution >= 0.6 is 0 Å². The highest BCUT2D eigenvalue weighted by atomic mass is 16.5. The molecule has 1 aliphatic carbocycles. The maximum absolute atomic E-state index is 12.7. The summed E-state index contributed by atoms with van der Waals surface area (Å²) in [6.07, 6.45) is 3.30. The fourth-order valence-corrected chi connectivity index (χ4v) is 2.99. The van der Waals surface area contributed by atoms with Crippen molar-refractivity contribution in [3.05, 3.63) is 17.5 Å². The van der Waals surface area contributed by atoms with Gasteiger partial charge < -0.3 is 20.1 Å². The van der Waals surface area contributed by atoms with E-state index < -0.39 is 11.0 Å². The number of carbonyl (C=O) groups is 1. The molecule has 1 saturated carbocycles. The van der Waals surface area contributed by atoms with E-state index in [0.717, 1.165) is 25.7 Å². The van der Waals surface area contributed by atoms with E-state index in [-0.39, 0.29) is 31.0 Å². The molecule has 0 aliphatic heterocycles. The van der Waals surface area contributed by atoms with Crippen molar-refractivity contribution < 1.29 is 19.5 Å². The number of rotatable bonds is 7. The second kappa shape index (κ2) is 7.33. The Morgan fingerprint density at radius 3 is 2.50 bits per heavy atom. The molecule has 0 amide bonds. The molecule has 0 unspecified atom stereocenters. The first-order valence-corrected chi connectivity index (χ1v) is 8.70. The van der Waals surface area contributed by atoms with Crippen LogP contribution in [0.4, 0.5) is 0 Å². The Labute approximate surface area is 143 Å². The van der Waals surface area contributed by atoms with Crippen LogP contribution in [-0.4, -0.2) is 45.4 Å². The van der Waals surface area contributed by atoms with Gasteiger partial charge in [-0.15, -0.1) is 0 Å². The summed E-state index contributed by atoms with van der Waals surface area (Å²) in [5.74, 6) is 0.559. The molecule has 0 radical (unpaired) electrons. The average molecular weight is 338 g/mol. The van der Waals surface area contributed by atoms with Crippen molar-refractivity contribution in [3.8, 4) is 0 Å². The van der Waals surface area contributed by atoms with Gasteiger partial charge in [0.2, 0.25) is 0 Å². The van der Waals surface area contributed by atoms with E-state index in [4.69, 9.17) is 4.52 Å². The minimum atomic E-state index is -0.660. The Hall–Kier alpha value is -1.24. The Balaban J connectivity index is 1.95. The monoisotopic (exact) mass is 338 g/mol. The van der Waals surface area contributed by atoms with Gasteiger partial charge in [-0.2, -0.15) is 0 Å². The Morgan fingerprint density at radius 1 is 1.29 bits per heavy atom. The van der Waals surface area contributed by atoms with Gasteiger partial charge in [0, 0.05) is 17.5 Å². The second-order valence-electron chi connectivity index (χ2n) is 8.10. The van der Waals surface area contributed by atoms with Gasteiger partial charge in [0.15, 0.2) is 5.78 Å². The lowest BCUT2D eigenvalue weighted by Gasteiger charge is -2.34. The van der Waals surface area contributed by atoms with E-state index in [2.05, 4.69) is 10.5 Å². The highest BCUT2D eigenvalue weighted by molar-refractivity contribution is 5.89. The fraction of sp³-hybridized carbons (Fsp3) is 0.778. The van der Waals surface area contributed by atoms with Gasteiger partial charge in [-0.3, -0.25) is 4.79 Å². The van der Waals surface area contributed by atoms with Crippen LogP contribution in [0.1, 0.15) is 64.8 Å². The van der Waals surface area contributed by atoms with Gasteiger partial charge >= 0.3 is 0 Å². The lowest BCUT2D eigenvalue weighted by Crippen LogP contribution is -2.53. The molecule has 0 bridgehead atoms. The summed E-state index contributed by atoms with van der Waals surface area (Å²) in [5.41, 5.74) is -0.492. The summed E-state index contributed by atoms with van der Waals surface area (Å²) in [6, 6.07) is 2.01. The van der Waals surface area contributed by atoms with Gasteiger partial charge in [-0.25, -0.2) is 0 Å². The molecule has 1 aliphatic rings. The number of aliphatic hydroxyl groups excluding tert-OH is 2. The molecule has 1 aromatic heterocycles. The van der Waals surface area contributed by atoms with Crippen molar-refractivity contribution in [1.29, 1.82) is 0 Å². The van der Waals surface area contributed by atoms with Gasteiger partial charge in [0.1, 0.15) is 5.76 Å². The van der Waals surface area contributed by atoms with Crippen LogP contribution in [0.5, 0.6) is 0 Å². The van der Waals surface area contributed by atoms with Crippen molar-refractivity contribution in [2.24, 2.45) is 0 Å². The summed E-state index contributed by atoms with van der Waals surface area (Å²) < 4.78 is 5.28. The first kappa shape index (κ1) is 19.1. The van der Waals surface area contributed by atoms with Crippen LogP contribution < -0.4 is 5.32 Å². The van der Waals surface area contributed by atoms with Crippen LogP contribution in [0, 0.1) is 0 Å². The summed E-state index contributed by atoms with van der Waals surface area (Å²) in [6.45, 7) is 7.48. The molecular formula is C18H30N2O4. The summed E-state index contributed by atoms with van der Waals surface area (Å²) in [5, 5.41) is 26.4. The number of hydrogen-bond acceptors (Lipinski definition) is 6. The maximum Gasteiger partial charge on any atom is 0.159 e. The molecule has 1 heterocycles. The number of ketones is 1. The zero-order valence-electron chi connectivity index (χ0n) is 15.1. The summed E-state index contributed by atoms with van der Waals surface area (Å²) >= 11 is 0. The maximum atomic E-state index is 12.7.